The number of pyridine rings is 1. The lowest BCUT2D eigenvalue weighted by molar-refractivity contribution is 0.157. The van der Waals surface area contributed by atoms with Crippen LogP contribution in [0.4, 0.5) is 0 Å². The molecule has 2 atom stereocenters. The van der Waals surface area contributed by atoms with E-state index in [-0.39, 0.29) is 12.1 Å². The van der Waals surface area contributed by atoms with Crippen LogP contribution < -0.4 is 5.32 Å². The summed E-state index contributed by atoms with van der Waals surface area (Å²) in [6.45, 7) is 2.90. The number of nitrogens with one attached hydrogen (secondary N) is 1. The number of thiophene rings is 1. The van der Waals surface area contributed by atoms with Gasteiger partial charge in [-0.2, -0.15) is 0 Å². The summed E-state index contributed by atoms with van der Waals surface area (Å²) in [7, 11) is 0. The van der Waals surface area contributed by atoms with Crippen molar-refractivity contribution in [3.8, 4) is 0 Å². The quantitative estimate of drug-likeness (QED) is 0.841. The van der Waals surface area contributed by atoms with Crippen LogP contribution in [0.5, 0.6) is 0 Å². The lowest BCUT2D eigenvalue weighted by Gasteiger charge is -2.17. The summed E-state index contributed by atoms with van der Waals surface area (Å²) >= 11 is 1.60. The first kappa shape index (κ1) is 13.2. The van der Waals surface area contributed by atoms with E-state index in [9.17, 15) is 5.11 Å². The van der Waals surface area contributed by atoms with Crippen LogP contribution >= 0.6 is 11.3 Å². The average molecular weight is 262 g/mol. The van der Waals surface area contributed by atoms with Gasteiger partial charge in [0.05, 0.1) is 6.10 Å². The van der Waals surface area contributed by atoms with Crippen molar-refractivity contribution >= 4 is 11.3 Å². The summed E-state index contributed by atoms with van der Waals surface area (Å²) in [6.07, 6.45) is 3.94. The highest BCUT2D eigenvalue weighted by molar-refractivity contribution is 7.10. The van der Waals surface area contributed by atoms with Crippen molar-refractivity contribution in [2.75, 3.05) is 0 Å². The van der Waals surface area contributed by atoms with Crippen molar-refractivity contribution in [1.82, 2.24) is 10.3 Å². The third-order valence-corrected chi connectivity index (χ3v) is 3.83. The molecule has 0 aliphatic heterocycles. The predicted molar refractivity (Wildman–Crippen MR) is 74.4 cm³/mol. The van der Waals surface area contributed by atoms with Crippen LogP contribution in [0.25, 0.3) is 0 Å². The first-order valence-electron chi connectivity index (χ1n) is 6.09. The molecule has 3 nitrogen and oxygen atoms in total. The van der Waals surface area contributed by atoms with Gasteiger partial charge in [-0.15, -0.1) is 11.3 Å². The fourth-order valence-electron chi connectivity index (χ4n) is 1.81. The Balaban J connectivity index is 1.77. The molecule has 2 heterocycles. The molecule has 0 radical (unpaired) electrons. The SMILES string of the molecule is CC(CC(O)c1cccs1)NCc1ccncc1. The Bertz CT molecular complexity index is 444. The first-order valence-corrected chi connectivity index (χ1v) is 6.97. The van der Waals surface area contributed by atoms with Gasteiger partial charge >= 0.3 is 0 Å². The minimum atomic E-state index is -0.370. The minimum absolute atomic E-state index is 0.273. The van der Waals surface area contributed by atoms with Gasteiger partial charge in [-0.05, 0) is 42.5 Å². The second-order valence-electron chi connectivity index (χ2n) is 4.40. The van der Waals surface area contributed by atoms with Crippen LogP contribution in [-0.4, -0.2) is 16.1 Å². The Morgan fingerprint density at radius 3 is 2.78 bits per heavy atom. The van der Waals surface area contributed by atoms with Gasteiger partial charge in [0.15, 0.2) is 0 Å². The van der Waals surface area contributed by atoms with Crippen LogP contribution in [0.3, 0.4) is 0 Å². The molecule has 2 aromatic rings. The van der Waals surface area contributed by atoms with Crippen molar-refractivity contribution in [2.45, 2.75) is 32.0 Å². The fraction of sp³-hybridized carbons (Fsp3) is 0.357. The van der Waals surface area contributed by atoms with Crippen LogP contribution in [0.1, 0.15) is 29.9 Å². The maximum absolute atomic E-state index is 10.0. The molecule has 0 fully saturated rings. The number of aliphatic hydroxyl groups is 1. The van der Waals surface area contributed by atoms with Crippen LogP contribution in [0.15, 0.2) is 42.0 Å². The number of hydrogen-bond donors (Lipinski definition) is 2. The third-order valence-electron chi connectivity index (χ3n) is 2.85. The molecule has 0 amide bonds. The van der Waals surface area contributed by atoms with E-state index in [4.69, 9.17) is 0 Å². The number of aliphatic hydroxyl groups excluding tert-OH is 1. The fourth-order valence-corrected chi connectivity index (χ4v) is 2.53. The molecule has 0 aromatic carbocycles. The van der Waals surface area contributed by atoms with Gasteiger partial charge in [0.2, 0.25) is 0 Å². The van der Waals surface area contributed by atoms with E-state index in [0.29, 0.717) is 0 Å². The Morgan fingerprint density at radius 1 is 1.33 bits per heavy atom. The van der Waals surface area contributed by atoms with E-state index in [0.717, 1.165) is 17.8 Å². The Kier molecular flexibility index (Phi) is 4.87. The maximum Gasteiger partial charge on any atom is 0.0896 e. The van der Waals surface area contributed by atoms with E-state index < -0.39 is 0 Å². The van der Waals surface area contributed by atoms with Gasteiger partial charge in [-0.25, -0.2) is 0 Å². The van der Waals surface area contributed by atoms with Crippen molar-refractivity contribution in [1.29, 1.82) is 0 Å². The summed E-state index contributed by atoms with van der Waals surface area (Å²) in [5.74, 6) is 0. The molecular weight excluding hydrogens is 244 g/mol. The molecule has 2 unspecified atom stereocenters. The third kappa shape index (κ3) is 3.91. The highest BCUT2D eigenvalue weighted by atomic mass is 32.1. The second kappa shape index (κ2) is 6.64. The molecule has 0 aliphatic carbocycles. The van der Waals surface area contributed by atoms with E-state index in [2.05, 4.69) is 17.2 Å². The number of hydrogen-bond acceptors (Lipinski definition) is 4. The molecule has 2 rings (SSSR count). The molecule has 0 spiro atoms. The second-order valence-corrected chi connectivity index (χ2v) is 5.38. The summed E-state index contributed by atoms with van der Waals surface area (Å²) in [4.78, 5) is 5.02. The summed E-state index contributed by atoms with van der Waals surface area (Å²) in [6, 6.07) is 8.21. The van der Waals surface area contributed by atoms with Crippen molar-refractivity contribution in [3.05, 3.63) is 52.5 Å². The van der Waals surface area contributed by atoms with E-state index >= 15 is 0 Å². The normalized spacial score (nSPS) is 14.3. The van der Waals surface area contributed by atoms with Crippen LogP contribution in [-0.2, 0) is 6.54 Å². The number of rotatable bonds is 6. The summed E-state index contributed by atoms with van der Waals surface area (Å²) in [5, 5.41) is 15.4. The average Bonchev–Trinajstić information content (AvgIpc) is 2.91. The monoisotopic (exact) mass is 262 g/mol. The van der Waals surface area contributed by atoms with Gasteiger partial charge in [0, 0.05) is 29.9 Å². The molecule has 4 heteroatoms. The molecule has 2 aromatic heterocycles. The predicted octanol–water partition coefficient (Wildman–Crippen LogP) is 2.74. The highest BCUT2D eigenvalue weighted by Crippen LogP contribution is 2.22. The maximum atomic E-state index is 10.0. The Hall–Kier alpha value is -1.23. The molecule has 96 valence electrons. The summed E-state index contributed by atoms with van der Waals surface area (Å²) in [5.41, 5.74) is 1.21. The topological polar surface area (TPSA) is 45.1 Å². The lowest BCUT2D eigenvalue weighted by atomic mass is 10.1. The van der Waals surface area contributed by atoms with Crippen molar-refractivity contribution in [2.24, 2.45) is 0 Å². The van der Waals surface area contributed by atoms with E-state index in [1.807, 2.05) is 29.6 Å². The zero-order valence-electron chi connectivity index (χ0n) is 10.4. The molecule has 0 aliphatic rings. The molecule has 18 heavy (non-hydrogen) atoms. The summed E-state index contributed by atoms with van der Waals surface area (Å²) < 4.78 is 0. The Labute approximate surface area is 112 Å². The lowest BCUT2D eigenvalue weighted by Crippen LogP contribution is -2.27. The zero-order chi connectivity index (χ0) is 12.8. The molecule has 2 N–H and O–H groups in total. The van der Waals surface area contributed by atoms with Crippen LogP contribution in [0, 0.1) is 0 Å². The van der Waals surface area contributed by atoms with E-state index in [1.54, 1.807) is 23.7 Å². The number of aromatic nitrogens is 1. The number of nitrogens with zero attached hydrogens (tertiary/aromatic N) is 1. The largest absolute Gasteiger partial charge is 0.388 e. The van der Waals surface area contributed by atoms with Crippen LogP contribution in [0.2, 0.25) is 0 Å². The first-order chi connectivity index (χ1) is 8.75. The molecule has 0 saturated carbocycles. The van der Waals surface area contributed by atoms with Gasteiger partial charge in [-0.3, -0.25) is 4.98 Å². The van der Waals surface area contributed by atoms with Crippen molar-refractivity contribution < 1.29 is 5.11 Å². The highest BCUT2D eigenvalue weighted by Gasteiger charge is 2.12. The zero-order valence-corrected chi connectivity index (χ0v) is 11.2. The standard InChI is InChI=1S/C14H18N2OS/c1-11(9-13(17)14-3-2-8-18-14)16-10-12-4-6-15-7-5-12/h2-8,11,13,16-17H,9-10H2,1H3. The van der Waals surface area contributed by atoms with Gasteiger partial charge in [0.25, 0.3) is 0 Å². The van der Waals surface area contributed by atoms with Gasteiger partial charge in [-0.1, -0.05) is 6.07 Å². The smallest absolute Gasteiger partial charge is 0.0896 e. The molecule has 0 saturated heterocycles. The van der Waals surface area contributed by atoms with Gasteiger partial charge in [0.1, 0.15) is 0 Å². The van der Waals surface area contributed by atoms with E-state index in [1.165, 1.54) is 5.56 Å². The van der Waals surface area contributed by atoms with Gasteiger partial charge < -0.3 is 10.4 Å². The molecular formula is C14H18N2OS. The van der Waals surface area contributed by atoms with Crippen molar-refractivity contribution in [3.63, 3.8) is 0 Å². The Morgan fingerprint density at radius 2 is 2.11 bits per heavy atom. The molecule has 0 bridgehead atoms. The minimum Gasteiger partial charge on any atom is -0.388 e.